The molecule has 8 atom stereocenters. The van der Waals surface area contributed by atoms with Crippen LogP contribution < -0.4 is 29.6 Å². The third kappa shape index (κ3) is 2.97. The number of Topliss-reactive ketones (excluding diaryl/α,β-unsaturated/α-hetero) is 1. The number of aliphatic hydroxyl groups excluding tert-OH is 2. The fourth-order valence-corrected chi connectivity index (χ4v) is 7.74. The summed E-state index contributed by atoms with van der Waals surface area (Å²) >= 11 is 0. The van der Waals surface area contributed by atoms with Crippen molar-refractivity contribution < 1.29 is 64.7 Å². The number of allylic oxidation sites excluding steroid dienone is 4. The second-order valence-electron chi connectivity index (χ2n) is 10.3. The van der Waals surface area contributed by atoms with Crippen LogP contribution in [0.4, 0.5) is 4.39 Å². The third-order valence-electron chi connectivity index (χ3n) is 9.04. The third-order valence-corrected chi connectivity index (χ3v) is 9.04. The zero-order valence-electron chi connectivity index (χ0n) is 20.5. The summed E-state index contributed by atoms with van der Waals surface area (Å²) < 4.78 is 22.8. The predicted octanol–water partition coefficient (Wildman–Crippen LogP) is -0.417. The number of rotatable bonds is 3. The van der Waals surface area contributed by atoms with Crippen molar-refractivity contribution in [3.05, 3.63) is 23.8 Å². The Kier molecular flexibility index (Phi) is 6.54. The van der Waals surface area contributed by atoms with Gasteiger partial charge in [-0.05, 0) is 50.7 Å². The van der Waals surface area contributed by atoms with Crippen LogP contribution >= 0.6 is 0 Å². The molecule has 8 heteroatoms. The van der Waals surface area contributed by atoms with Crippen LogP contribution in [0.15, 0.2) is 23.8 Å². The van der Waals surface area contributed by atoms with E-state index in [1.54, 1.807) is 26.8 Å². The Morgan fingerprint density at radius 3 is 2.56 bits per heavy atom. The van der Waals surface area contributed by atoms with Gasteiger partial charge in [0.25, 0.3) is 0 Å². The maximum Gasteiger partial charge on any atom is 1.00 e. The summed E-state index contributed by atoms with van der Waals surface area (Å²) in [6.45, 7) is 5.74. The van der Waals surface area contributed by atoms with Crippen LogP contribution in [0.2, 0.25) is 0 Å². The summed E-state index contributed by atoms with van der Waals surface area (Å²) in [6.07, 6.45) is 4.29. The van der Waals surface area contributed by atoms with E-state index < -0.39 is 58.4 Å². The minimum absolute atomic E-state index is 0. The van der Waals surface area contributed by atoms with Crippen molar-refractivity contribution in [3.8, 4) is 0 Å². The largest absolute Gasteiger partial charge is 1.00 e. The van der Waals surface area contributed by atoms with E-state index in [0.29, 0.717) is 24.8 Å². The minimum Gasteiger partial charge on any atom is -1.00 e. The maximum absolute atomic E-state index is 17.1. The number of hydrogen-bond donors (Lipinski definition) is 2. The number of ketones is 2. The SMILES string of the molecule is CC(=O)O[C@]1(C(=O)CO)[C@H](C)C[C@H]2[C@@H]3CCC4=CC(=O)C=C[C@]4(C)[C@@]3(F)[C@@H](O)C[C@@]21C.[H-].[Na+]. The average molecular weight is 459 g/mol. The normalized spacial score (nSPS) is 46.8. The molecule has 3 saturated carbocycles. The van der Waals surface area contributed by atoms with Crippen molar-refractivity contribution in [1.29, 1.82) is 0 Å². The molecule has 3 fully saturated rings. The fraction of sp³-hybridized carbons (Fsp3) is 0.708. The summed E-state index contributed by atoms with van der Waals surface area (Å²) in [7, 11) is 0. The number of fused-ring (bicyclic) bond motifs is 5. The van der Waals surface area contributed by atoms with Crippen molar-refractivity contribution in [2.75, 3.05) is 6.61 Å². The minimum atomic E-state index is -2.02. The van der Waals surface area contributed by atoms with E-state index in [-0.39, 0.29) is 49.1 Å². The van der Waals surface area contributed by atoms with Crippen LogP contribution in [0.25, 0.3) is 0 Å². The van der Waals surface area contributed by atoms with Gasteiger partial charge in [-0.2, -0.15) is 0 Å². The number of aliphatic hydroxyl groups is 2. The van der Waals surface area contributed by atoms with Crippen LogP contribution in [0.3, 0.4) is 0 Å². The van der Waals surface area contributed by atoms with E-state index in [4.69, 9.17) is 4.74 Å². The first-order valence-corrected chi connectivity index (χ1v) is 11.0. The molecule has 4 rings (SSSR count). The van der Waals surface area contributed by atoms with Gasteiger partial charge in [0.2, 0.25) is 5.78 Å². The van der Waals surface area contributed by atoms with Crippen LogP contribution in [-0.2, 0) is 19.1 Å². The van der Waals surface area contributed by atoms with E-state index in [9.17, 15) is 24.6 Å². The molecule has 0 bridgehead atoms. The first-order chi connectivity index (χ1) is 14.4. The van der Waals surface area contributed by atoms with Crippen LogP contribution in [0, 0.1) is 28.6 Å². The molecule has 0 spiro atoms. The quantitative estimate of drug-likeness (QED) is 0.440. The van der Waals surface area contributed by atoms with Crippen molar-refractivity contribution in [1.82, 2.24) is 0 Å². The molecule has 0 heterocycles. The number of hydrogen-bond acceptors (Lipinski definition) is 6. The van der Waals surface area contributed by atoms with Gasteiger partial charge in [-0.1, -0.05) is 25.5 Å². The van der Waals surface area contributed by atoms with Gasteiger partial charge in [0.05, 0.1) is 6.10 Å². The average Bonchev–Trinajstić information content (AvgIpc) is 2.90. The maximum atomic E-state index is 17.1. The summed E-state index contributed by atoms with van der Waals surface area (Å²) in [5.41, 5.74) is -5.10. The molecule has 32 heavy (non-hydrogen) atoms. The molecule has 6 nitrogen and oxygen atoms in total. The smallest absolute Gasteiger partial charge is 1.00 e. The zero-order chi connectivity index (χ0) is 23.0. The number of esters is 1. The molecule has 0 amide bonds. The van der Waals surface area contributed by atoms with Gasteiger partial charge < -0.3 is 16.4 Å². The topological polar surface area (TPSA) is 101 Å². The monoisotopic (exact) mass is 458 g/mol. The zero-order valence-corrected chi connectivity index (χ0v) is 21.5. The van der Waals surface area contributed by atoms with E-state index in [1.165, 1.54) is 19.1 Å². The molecule has 0 saturated heterocycles. The Morgan fingerprint density at radius 2 is 1.97 bits per heavy atom. The molecule has 2 N–H and O–H groups in total. The van der Waals surface area contributed by atoms with Gasteiger partial charge in [-0.25, -0.2) is 4.39 Å². The fourth-order valence-electron chi connectivity index (χ4n) is 7.74. The molecule has 0 aliphatic heterocycles. The van der Waals surface area contributed by atoms with Crippen LogP contribution in [-0.4, -0.2) is 51.7 Å². The molecule has 0 radical (unpaired) electrons. The Hall–Kier alpha value is -0.860. The van der Waals surface area contributed by atoms with Gasteiger partial charge >= 0.3 is 35.5 Å². The van der Waals surface area contributed by atoms with Crippen LogP contribution in [0.1, 0.15) is 54.8 Å². The van der Waals surface area contributed by atoms with E-state index >= 15 is 4.39 Å². The standard InChI is InChI=1S/C24H31FO6.Na.H/c1-13-9-18-17-6-5-15-10-16(28)7-8-21(15,3)23(17,25)19(29)11-22(18,4)24(13,20(30)12-26)31-14(2)27;;/h7-8,10,13,17-19,26,29H,5-6,9,11-12H2,1-4H3;;/q;+1;-1/t13-,17+,18+,19+,21+,22+,23+,24+;;/m1../s1. The number of alkyl halides is 1. The number of halogens is 1. The van der Waals surface area contributed by atoms with E-state index in [1.807, 2.05) is 0 Å². The van der Waals surface area contributed by atoms with E-state index in [0.717, 1.165) is 0 Å². The molecular formula is C24H32FNaO6. The predicted molar refractivity (Wildman–Crippen MR) is 111 cm³/mol. The first-order valence-electron chi connectivity index (χ1n) is 11.0. The van der Waals surface area contributed by atoms with Crippen LogP contribution in [0.5, 0.6) is 0 Å². The Labute approximate surface area is 211 Å². The summed E-state index contributed by atoms with van der Waals surface area (Å²) in [6, 6.07) is 0. The second-order valence-corrected chi connectivity index (χ2v) is 10.3. The van der Waals surface area contributed by atoms with Crippen molar-refractivity contribution in [2.45, 2.75) is 70.8 Å². The molecular weight excluding hydrogens is 426 g/mol. The second kappa shape index (κ2) is 8.12. The van der Waals surface area contributed by atoms with Gasteiger partial charge in [0, 0.05) is 29.6 Å². The Bertz CT molecular complexity index is 923. The first kappa shape index (κ1) is 25.8. The molecule has 4 aliphatic carbocycles. The van der Waals surface area contributed by atoms with Gasteiger partial charge in [-0.15, -0.1) is 0 Å². The van der Waals surface area contributed by atoms with Crippen molar-refractivity contribution in [3.63, 3.8) is 0 Å². The summed E-state index contributed by atoms with van der Waals surface area (Å²) in [5.74, 6) is -2.79. The number of carbonyl (C=O) groups excluding carboxylic acids is 3. The van der Waals surface area contributed by atoms with Gasteiger partial charge in [-0.3, -0.25) is 14.4 Å². The van der Waals surface area contributed by atoms with E-state index in [2.05, 4.69) is 0 Å². The molecule has 0 unspecified atom stereocenters. The number of carbonyl (C=O) groups is 3. The Morgan fingerprint density at radius 1 is 1.31 bits per heavy atom. The Balaban J connectivity index is 0.00000193. The molecule has 4 aliphatic rings. The molecule has 172 valence electrons. The van der Waals surface area contributed by atoms with Gasteiger partial charge in [0.1, 0.15) is 6.61 Å². The summed E-state index contributed by atoms with van der Waals surface area (Å²) in [4.78, 5) is 37.0. The van der Waals surface area contributed by atoms with Gasteiger partial charge in [0.15, 0.2) is 17.1 Å². The molecule has 0 aromatic rings. The van der Waals surface area contributed by atoms with Crippen molar-refractivity contribution >= 4 is 17.5 Å². The number of ether oxygens (including phenoxy) is 1. The summed E-state index contributed by atoms with van der Waals surface area (Å²) in [5, 5.41) is 21.1. The van der Waals surface area contributed by atoms with Crippen molar-refractivity contribution in [2.24, 2.45) is 28.6 Å². The molecule has 0 aromatic heterocycles. The molecule has 0 aromatic carbocycles.